The number of hydrogen-bond acceptors (Lipinski definition) is 3. The molecule has 1 aliphatic carbocycles. The summed E-state index contributed by atoms with van der Waals surface area (Å²) in [5.74, 6) is 0. The van der Waals surface area contributed by atoms with E-state index in [-0.39, 0.29) is 0 Å². The molecule has 0 saturated heterocycles. The van der Waals surface area contributed by atoms with Gasteiger partial charge in [-0.05, 0) is 42.4 Å². The van der Waals surface area contributed by atoms with Crippen molar-refractivity contribution in [1.82, 2.24) is 4.98 Å². The van der Waals surface area contributed by atoms with E-state index in [1.807, 2.05) is 0 Å². The van der Waals surface area contributed by atoms with E-state index < -0.39 is 0 Å². The van der Waals surface area contributed by atoms with Gasteiger partial charge in [0, 0.05) is 11.3 Å². The molecule has 2 N–H and O–H groups in total. The van der Waals surface area contributed by atoms with Gasteiger partial charge in [0.2, 0.25) is 0 Å². The molecule has 0 amide bonds. The minimum atomic E-state index is 0.697. The summed E-state index contributed by atoms with van der Waals surface area (Å²) in [5.41, 5.74) is 11.5. The van der Waals surface area contributed by atoms with Crippen molar-refractivity contribution in [2.24, 2.45) is 0 Å². The first kappa shape index (κ1) is 11.7. The van der Waals surface area contributed by atoms with Crippen molar-refractivity contribution >= 4 is 16.5 Å². The molecule has 0 aliphatic heterocycles. The normalized spacial score (nSPS) is 13.8. The molecule has 0 radical (unpaired) electrons. The Bertz CT molecular complexity index is 572. The van der Waals surface area contributed by atoms with Gasteiger partial charge in [0.25, 0.3) is 0 Å². The molecular formula is C15H18N2S. The van der Waals surface area contributed by atoms with Crippen LogP contribution in [0.1, 0.15) is 40.6 Å². The van der Waals surface area contributed by atoms with Crippen molar-refractivity contribution in [1.29, 1.82) is 0 Å². The number of aromatic nitrogens is 1. The molecule has 1 aliphatic rings. The van der Waals surface area contributed by atoms with Crippen molar-refractivity contribution < 1.29 is 0 Å². The number of thiazole rings is 1. The van der Waals surface area contributed by atoms with E-state index in [0.29, 0.717) is 5.13 Å². The van der Waals surface area contributed by atoms with Gasteiger partial charge in [0.15, 0.2) is 5.13 Å². The van der Waals surface area contributed by atoms with Crippen LogP contribution in [0.25, 0.3) is 0 Å². The Morgan fingerprint density at radius 3 is 2.94 bits per heavy atom. The quantitative estimate of drug-likeness (QED) is 0.916. The van der Waals surface area contributed by atoms with Crippen LogP contribution in [0.4, 0.5) is 5.13 Å². The molecule has 2 nitrogen and oxygen atoms in total. The second-order valence-electron chi connectivity index (χ2n) is 4.91. The zero-order chi connectivity index (χ0) is 12.5. The van der Waals surface area contributed by atoms with E-state index in [2.05, 4.69) is 30.1 Å². The average Bonchev–Trinajstić information content (AvgIpc) is 2.95. The highest BCUT2D eigenvalue weighted by Crippen LogP contribution is 2.27. The summed E-state index contributed by atoms with van der Waals surface area (Å²) in [7, 11) is 0. The lowest BCUT2D eigenvalue weighted by atomic mass is 10.0. The summed E-state index contributed by atoms with van der Waals surface area (Å²) in [6.07, 6.45) is 5.75. The number of nitrogens with zero attached hydrogens (tertiary/aromatic N) is 1. The van der Waals surface area contributed by atoms with Gasteiger partial charge in [-0.15, -0.1) is 11.3 Å². The Morgan fingerprint density at radius 1 is 1.28 bits per heavy atom. The highest BCUT2D eigenvalue weighted by Gasteiger charge is 2.13. The molecule has 0 saturated carbocycles. The van der Waals surface area contributed by atoms with Gasteiger partial charge in [-0.1, -0.05) is 25.1 Å². The maximum Gasteiger partial charge on any atom is 0.180 e. The predicted octanol–water partition coefficient (Wildman–Crippen LogP) is 3.37. The molecule has 1 heterocycles. The van der Waals surface area contributed by atoms with Crippen LogP contribution in [0.3, 0.4) is 0 Å². The van der Waals surface area contributed by atoms with Gasteiger partial charge in [-0.25, -0.2) is 4.98 Å². The number of aryl methyl sites for hydroxylation is 3. The maximum atomic E-state index is 5.81. The zero-order valence-corrected chi connectivity index (χ0v) is 11.5. The second kappa shape index (κ2) is 4.73. The SMILES string of the molecule is CCc1nc(N)sc1Cc1ccc2c(c1)CCC2. The molecule has 1 aromatic carbocycles. The summed E-state index contributed by atoms with van der Waals surface area (Å²) in [6.45, 7) is 2.14. The Morgan fingerprint density at radius 2 is 2.11 bits per heavy atom. The van der Waals surface area contributed by atoms with Crippen molar-refractivity contribution in [3.63, 3.8) is 0 Å². The number of hydrogen-bond donors (Lipinski definition) is 1. The van der Waals surface area contributed by atoms with E-state index in [9.17, 15) is 0 Å². The molecule has 3 heteroatoms. The third-order valence-electron chi connectivity index (χ3n) is 3.66. The smallest absolute Gasteiger partial charge is 0.180 e. The lowest BCUT2D eigenvalue weighted by Gasteiger charge is -2.04. The van der Waals surface area contributed by atoms with Crippen molar-refractivity contribution in [3.8, 4) is 0 Å². The standard InChI is InChI=1S/C15H18N2S/c1-2-13-14(18-15(16)17-13)9-10-6-7-11-4-3-5-12(11)8-10/h6-8H,2-5,9H2,1H3,(H2,16,17). The predicted molar refractivity (Wildman–Crippen MR) is 77.2 cm³/mol. The lowest BCUT2D eigenvalue weighted by molar-refractivity contribution is 0.911. The topological polar surface area (TPSA) is 38.9 Å². The summed E-state index contributed by atoms with van der Waals surface area (Å²) >= 11 is 1.63. The third-order valence-corrected chi connectivity index (χ3v) is 4.58. The highest BCUT2D eigenvalue weighted by molar-refractivity contribution is 7.15. The molecule has 0 bridgehead atoms. The average molecular weight is 258 g/mol. The largest absolute Gasteiger partial charge is 0.375 e. The maximum absolute atomic E-state index is 5.81. The first-order valence-electron chi connectivity index (χ1n) is 6.61. The van der Waals surface area contributed by atoms with Crippen LogP contribution < -0.4 is 5.73 Å². The summed E-state index contributed by atoms with van der Waals surface area (Å²) in [6, 6.07) is 6.94. The molecule has 0 atom stereocenters. The molecule has 94 valence electrons. The van der Waals surface area contributed by atoms with Crippen LogP contribution in [0, 0.1) is 0 Å². The van der Waals surface area contributed by atoms with E-state index in [4.69, 9.17) is 5.73 Å². The van der Waals surface area contributed by atoms with Gasteiger partial charge in [0.05, 0.1) is 5.69 Å². The van der Waals surface area contributed by atoms with Crippen LogP contribution in [0.5, 0.6) is 0 Å². The molecule has 1 aromatic heterocycles. The second-order valence-corrected chi connectivity index (χ2v) is 6.02. The first-order chi connectivity index (χ1) is 8.76. The van der Waals surface area contributed by atoms with E-state index in [0.717, 1.165) is 18.5 Å². The molecular weight excluding hydrogens is 240 g/mol. The fourth-order valence-corrected chi connectivity index (χ4v) is 3.69. The Labute approximate surface area is 112 Å². The number of anilines is 1. The molecule has 2 aromatic rings. The molecule has 3 rings (SSSR count). The fraction of sp³-hybridized carbons (Fsp3) is 0.400. The van der Waals surface area contributed by atoms with Crippen molar-refractivity contribution in [2.45, 2.75) is 39.0 Å². The summed E-state index contributed by atoms with van der Waals surface area (Å²) in [4.78, 5) is 5.72. The Kier molecular flexibility index (Phi) is 3.08. The number of nitrogens with two attached hydrogens (primary N) is 1. The Hall–Kier alpha value is -1.35. The number of nitrogen functional groups attached to an aromatic ring is 1. The number of rotatable bonds is 3. The van der Waals surface area contributed by atoms with Gasteiger partial charge in [0.1, 0.15) is 0 Å². The van der Waals surface area contributed by atoms with Gasteiger partial charge in [-0.3, -0.25) is 0 Å². The van der Waals surface area contributed by atoms with Gasteiger partial charge >= 0.3 is 0 Å². The van der Waals surface area contributed by atoms with Crippen molar-refractivity contribution in [2.75, 3.05) is 5.73 Å². The minimum absolute atomic E-state index is 0.697. The van der Waals surface area contributed by atoms with E-state index in [1.165, 1.54) is 29.7 Å². The molecule has 18 heavy (non-hydrogen) atoms. The highest BCUT2D eigenvalue weighted by atomic mass is 32.1. The van der Waals surface area contributed by atoms with Crippen LogP contribution in [-0.2, 0) is 25.7 Å². The van der Waals surface area contributed by atoms with Crippen LogP contribution in [0.2, 0.25) is 0 Å². The first-order valence-corrected chi connectivity index (χ1v) is 7.42. The number of benzene rings is 1. The van der Waals surface area contributed by atoms with E-state index >= 15 is 0 Å². The molecule has 0 fully saturated rings. The van der Waals surface area contributed by atoms with Crippen molar-refractivity contribution in [3.05, 3.63) is 45.5 Å². The van der Waals surface area contributed by atoms with Crippen LogP contribution in [-0.4, -0.2) is 4.98 Å². The summed E-state index contributed by atoms with van der Waals surface area (Å²) < 4.78 is 0. The zero-order valence-electron chi connectivity index (χ0n) is 10.7. The fourth-order valence-electron chi connectivity index (χ4n) is 2.74. The van der Waals surface area contributed by atoms with E-state index in [1.54, 1.807) is 22.5 Å². The Balaban J connectivity index is 1.87. The van der Waals surface area contributed by atoms with Crippen LogP contribution >= 0.6 is 11.3 Å². The molecule has 0 spiro atoms. The van der Waals surface area contributed by atoms with Gasteiger partial charge in [-0.2, -0.15) is 0 Å². The summed E-state index contributed by atoms with van der Waals surface area (Å²) in [5, 5.41) is 0.697. The molecule has 0 unspecified atom stereocenters. The number of fused-ring (bicyclic) bond motifs is 1. The van der Waals surface area contributed by atoms with Crippen LogP contribution in [0.15, 0.2) is 18.2 Å². The third kappa shape index (κ3) is 2.15. The lowest BCUT2D eigenvalue weighted by Crippen LogP contribution is -1.93. The monoisotopic (exact) mass is 258 g/mol. The minimum Gasteiger partial charge on any atom is -0.375 e. The van der Waals surface area contributed by atoms with Gasteiger partial charge < -0.3 is 5.73 Å².